The van der Waals surface area contributed by atoms with Crippen molar-refractivity contribution >= 4 is 22.9 Å². The Balaban J connectivity index is 2.08. The van der Waals surface area contributed by atoms with Crippen molar-refractivity contribution in [2.45, 2.75) is 18.9 Å². The molecule has 1 atom stereocenters. The highest BCUT2D eigenvalue weighted by Crippen LogP contribution is 2.26. The van der Waals surface area contributed by atoms with Gasteiger partial charge in [0.1, 0.15) is 5.82 Å². The molecule has 2 nitrogen and oxygen atoms in total. The normalized spacial score (nSPS) is 12.6. The molecule has 0 aliphatic carbocycles. The van der Waals surface area contributed by atoms with E-state index in [0.29, 0.717) is 5.02 Å². The van der Waals surface area contributed by atoms with Crippen molar-refractivity contribution in [2.24, 2.45) is 5.84 Å². The highest BCUT2D eigenvalue weighted by atomic mass is 35.5. The molecule has 0 amide bonds. The quantitative estimate of drug-likeness (QED) is 0.649. The Labute approximate surface area is 115 Å². The van der Waals surface area contributed by atoms with Crippen molar-refractivity contribution in [1.82, 2.24) is 5.43 Å². The fourth-order valence-corrected chi connectivity index (χ4v) is 2.86. The molecule has 0 bridgehead atoms. The Kier molecular flexibility index (Phi) is 4.72. The maximum atomic E-state index is 13.0. The van der Waals surface area contributed by atoms with Gasteiger partial charge in [-0.05, 0) is 52.9 Å². The molecule has 3 N–H and O–H groups in total. The summed E-state index contributed by atoms with van der Waals surface area (Å²) in [5.41, 5.74) is 4.84. The summed E-state index contributed by atoms with van der Waals surface area (Å²) in [4.78, 5) is 0. The number of halogens is 2. The first-order valence-electron chi connectivity index (χ1n) is 5.63. The van der Waals surface area contributed by atoms with E-state index in [-0.39, 0.29) is 11.9 Å². The topological polar surface area (TPSA) is 38.0 Å². The van der Waals surface area contributed by atoms with E-state index in [4.69, 9.17) is 17.4 Å². The predicted molar refractivity (Wildman–Crippen MR) is 74.1 cm³/mol. The molecule has 0 saturated carbocycles. The van der Waals surface area contributed by atoms with Gasteiger partial charge < -0.3 is 0 Å². The minimum atomic E-state index is -0.336. The van der Waals surface area contributed by atoms with Gasteiger partial charge in [0.25, 0.3) is 0 Å². The van der Waals surface area contributed by atoms with Gasteiger partial charge in [-0.15, -0.1) is 0 Å². The van der Waals surface area contributed by atoms with Crippen LogP contribution in [-0.2, 0) is 6.42 Å². The van der Waals surface area contributed by atoms with Crippen molar-refractivity contribution < 1.29 is 4.39 Å². The lowest BCUT2D eigenvalue weighted by Gasteiger charge is -2.17. The fraction of sp³-hybridized carbons (Fsp3) is 0.231. The molecule has 1 aromatic heterocycles. The number of benzene rings is 1. The number of nitrogens with one attached hydrogen (secondary N) is 1. The van der Waals surface area contributed by atoms with Gasteiger partial charge in [-0.3, -0.25) is 11.3 Å². The summed E-state index contributed by atoms with van der Waals surface area (Å²) in [5.74, 6) is 5.22. The molecule has 0 fully saturated rings. The van der Waals surface area contributed by atoms with Crippen LogP contribution in [0.25, 0.3) is 0 Å². The average Bonchev–Trinajstić information content (AvgIpc) is 2.85. The van der Waals surface area contributed by atoms with Crippen LogP contribution in [0.4, 0.5) is 4.39 Å². The molecular weight excluding hydrogens is 271 g/mol. The summed E-state index contributed by atoms with van der Waals surface area (Å²) in [6, 6.07) is 6.40. The van der Waals surface area contributed by atoms with Gasteiger partial charge in [-0.25, -0.2) is 4.39 Å². The molecule has 0 radical (unpaired) electrons. The molecule has 1 heterocycles. The summed E-state index contributed by atoms with van der Waals surface area (Å²) in [6.07, 6.45) is 1.73. The number of hydrogen-bond acceptors (Lipinski definition) is 3. The molecule has 0 spiro atoms. The Bertz CT molecular complexity index is 502. The van der Waals surface area contributed by atoms with E-state index in [1.807, 2.05) is 5.38 Å². The molecule has 0 aliphatic rings. The van der Waals surface area contributed by atoms with Crippen LogP contribution in [0.5, 0.6) is 0 Å². The standard InChI is InChI=1S/C13H14ClFN2S/c14-12-7-10(15)2-3-11(12)13(17-16)4-1-9-5-6-18-8-9/h2-3,5-8,13,17H,1,4,16H2. The van der Waals surface area contributed by atoms with Gasteiger partial charge >= 0.3 is 0 Å². The van der Waals surface area contributed by atoms with Crippen LogP contribution in [0.1, 0.15) is 23.6 Å². The number of hydrogen-bond donors (Lipinski definition) is 2. The van der Waals surface area contributed by atoms with Gasteiger partial charge in [0.05, 0.1) is 0 Å². The van der Waals surface area contributed by atoms with E-state index < -0.39 is 0 Å². The highest BCUT2D eigenvalue weighted by Gasteiger charge is 2.14. The van der Waals surface area contributed by atoms with Gasteiger partial charge in [0, 0.05) is 11.1 Å². The third kappa shape index (κ3) is 3.29. The third-order valence-electron chi connectivity index (χ3n) is 2.84. The summed E-state index contributed by atoms with van der Waals surface area (Å²) >= 11 is 7.70. The van der Waals surface area contributed by atoms with E-state index in [9.17, 15) is 4.39 Å². The summed E-state index contributed by atoms with van der Waals surface area (Å²) in [6.45, 7) is 0. The number of hydrazine groups is 1. The van der Waals surface area contributed by atoms with Crippen LogP contribution in [0, 0.1) is 5.82 Å². The Hall–Kier alpha value is -0.940. The van der Waals surface area contributed by atoms with Crippen LogP contribution in [-0.4, -0.2) is 0 Å². The van der Waals surface area contributed by atoms with Crippen molar-refractivity contribution in [2.75, 3.05) is 0 Å². The number of nitrogens with two attached hydrogens (primary N) is 1. The molecule has 0 saturated heterocycles. The molecule has 18 heavy (non-hydrogen) atoms. The van der Waals surface area contributed by atoms with Gasteiger partial charge in [0.2, 0.25) is 0 Å². The number of rotatable bonds is 5. The second kappa shape index (κ2) is 6.29. The van der Waals surface area contributed by atoms with Gasteiger partial charge in [-0.1, -0.05) is 17.7 Å². The smallest absolute Gasteiger partial charge is 0.124 e. The first-order chi connectivity index (χ1) is 8.70. The van der Waals surface area contributed by atoms with Crippen LogP contribution >= 0.6 is 22.9 Å². The van der Waals surface area contributed by atoms with Gasteiger partial charge in [-0.2, -0.15) is 11.3 Å². The second-order valence-corrected chi connectivity index (χ2v) is 5.24. The lowest BCUT2D eigenvalue weighted by molar-refractivity contribution is 0.515. The van der Waals surface area contributed by atoms with E-state index in [1.165, 1.54) is 17.7 Å². The minimum absolute atomic E-state index is 0.0713. The number of aryl methyl sites for hydroxylation is 1. The Morgan fingerprint density at radius 1 is 1.39 bits per heavy atom. The molecule has 2 aromatic rings. The molecular formula is C13H14ClFN2S. The lowest BCUT2D eigenvalue weighted by Crippen LogP contribution is -2.28. The third-order valence-corrected chi connectivity index (χ3v) is 3.90. The fourth-order valence-electron chi connectivity index (χ4n) is 1.86. The number of thiophene rings is 1. The van der Waals surface area contributed by atoms with Crippen LogP contribution in [0.3, 0.4) is 0 Å². The van der Waals surface area contributed by atoms with E-state index >= 15 is 0 Å². The Morgan fingerprint density at radius 3 is 2.83 bits per heavy atom. The van der Waals surface area contributed by atoms with Crippen LogP contribution in [0.15, 0.2) is 35.0 Å². The molecule has 2 rings (SSSR count). The zero-order valence-electron chi connectivity index (χ0n) is 9.70. The minimum Gasteiger partial charge on any atom is -0.271 e. The lowest BCUT2D eigenvalue weighted by atomic mass is 10.0. The molecule has 5 heteroatoms. The van der Waals surface area contributed by atoms with E-state index in [1.54, 1.807) is 17.4 Å². The molecule has 0 aliphatic heterocycles. The monoisotopic (exact) mass is 284 g/mol. The van der Waals surface area contributed by atoms with Crippen LogP contribution in [0.2, 0.25) is 5.02 Å². The summed E-state index contributed by atoms with van der Waals surface area (Å²) in [5, 5.41) is 4.56. The van der Waals surface area contributed by atoms with Crippen molar-refractivity contribution in [3.8, 4) is 0 Å². The van der Waals surface area contributed by atoms with Crippen molar-refractivity contribution in [3.05, 3.63) is 57.0 Å². The Morgan fingerprint density at radius 2 is 2.22 bits per heavy atom. The molecule has 1 unspecified atom stereocenters. The van der Waals surface area contributed by atoms with Crippen LogP contribution < -0.4 is 11.3 Å². The second-order valence-electron chi connectivity index (χ2n) is 4.06. The zero-order valence-corrected chi connectivity index (χ0v) is 11.3. The zero-order chi connectivity index (χ0) is 13.0. The van der Waals surface area contributed by atoms with Crippen molar-refractivity contribution in [3.63, 3.8) is 0 Å². The van der Waals surface area contributed by atoms with Gasteiger partial charge in [0.15, 0.2) is 0 Å². The maximum Gasteiger partial charge on any atom is 0.124 e. The SMILES string of the molecule is NNC(CCc1ccsc1)c1ccc(F)cc1Cl. The van der Waals surface area contributed by atoms with E-state index in [2.05, 4.69) is 16.9 Å². The molecule has 96 valence electrons. The van der Waals surface area contributed by atoms with Crippen molar-refractivity contribution in [1.29, 1.82) is 0 Å². The highest BCUT2D eigenvalue weighted by molar-refractivity contribution is 7.07. The van der Waals surface area contributed by atoms with E-state index in [0.717, 1.165) is 18.4 Å². The average molecular weight is 285 g/mol. The first-order valence-corrected chi connectivity index (χ1v) is 6.95. The summed E-state index contributed by atoms with van der Waals surface area (Å²) < 4.78 is 13.0. The molecule has 1 aromatic carbocycles. The summed E-state index contributed by atoms with van der Waals surface area (Å²) in [7, 11) is 0. The largest absolute Gasteiger partial charge is 0.271 e. The first kappa shape index (κ1) is 13.5. The predicted octanol–water partition coefficient (Wildman–Crippen LogP) is 3.68. The maximum absolute atomic E-state index is 13.0.